The van der Waals surface area contributed by atoms with E-state index in [2.05, 4.69) is 4.98 Å². The standard InChI is InChI=1S/C19H21FN2O6/c1-27-12-4-5-16-14(9-12)13(15(20)10-21-16)3-2-6-19(17(23)24)11-22(18(25)26)7-8-28-19/h4-5,9-10H,2-3,6-8,11H2,1H3,(H,23,24)(H,25,26). The molecule has 0 radical (unpaired) electrons. The molecule has 2 aromatic rings. The van der Waals surface area contributed by atoms with E-state index in [0.29, 0.717) is 28.6 Å². The molecule has 1 aliphatic heterocycles. The second-order valence-corrected chi connectivity index (χ2v) is 6.67. The third-order valence-electron chi connectivity index (χ3n) is 4.99. The molecule has 3 rings (SSSR count). The van der Waals surface area contributed by atoms with Gasteiger partial charge in [0.25, 0.3) is 0 Å². The number of halogens is 1. The van der Waals surface area contributed by atoms with Crippen molar-refractivity contribution >= 4 is 23.0 Å². The zero-order chi connectivity index (χ0) is 20.3. The lowest BCUT2D eigenvalue weighted by Crippen LogP contribution is -2.57. The number of hydrogen-bond donors (Lipinski definition) is 2. The highest BCUT2D eigenvalue weighted by Crippen LogP contribution is 2.29. The Kier molecular flexibility index (Phi) is 5.64. The highest BCUT2D eigenvalue weighted by molar-refractivity contribution is 5.83. The fraction of sp³-hybridized carbons (Fsp3) is 0.421. The number of rotatable bonds is 6. The van der Waals surface area contributed by atoms with Gasteiger partial charge in [-0.3, -0.25) is 4.98 Å². The Morgan fingerprint density at radius 2 is 2.18 bits per heavy atom. The summed E-state index contributed by atoms with van der Waals surface area (Å²) in [5, 5.41) is 19.4. The molecule has 1 aromatic heterocycles. The normalized spacial score (nSPS) is 19.6. The Morgan fingerprint density at radius 1 is 1.39 bits per heavy atom. The van der Waals surface area contributed by atoms with Crippen molar-refractivity contribution in [3.05, 3.63) is 35.8 Å². The average molecular weight is 392 g/mol. The Balaban J connectivity index is 1.80. The predicted octanol–water partition coefficient (Wildman–Crippen LogP) is 2.54. The van der Waals surface area contributed by atoms with Crippen molar-refractivity contribution in [2.75, 3.05) is 26.8 Å². The van der Waals surface area contributed by atoms with E-state index in [0.717, 1.165) is 11.1 Å². The van der Waals surface area contributed by atoms with Gasteiger partial charge in [0.1, 0.15) is 11.6 Å². The van der Waals surface area contributed by atoms with Crippen LogP contribution >= 0.6 is 0 Å². The minimum absolute atomic E-state index is 0.00233. The van der Waals surface area contributed by atoms with Crippen LogP contribution in [-0.2, 0) is 16.0 Å². The van der Waals surface area contributed by atoms with E-state index in [9.17, 15) is 19.1 Å². The van der Waals surface area contributed by atoms with E-state index in [1.54, 1.807) is 18.2 Å². The lowest BCUT2D eigenvalue weighted by molar-refractivity contribution is -0.177. The maximum atomic E-state index is 14.4. The molecular weight excluding hydrogens is 371 g/mol. The fourth-order valence-corrected chi connectivity index (χ4v) is 3.47. The number of amides is 1. The molecule has 1 amide bonds. The topological polar surface area (TPSA) is 109 Å². The first-order valence-electron chi connectivity index (χ1n) is 8.82. The summed E-state index contributed by atoms with van der Waals surface area (Å²) in [4.78, 5) is 28.1. The Morgan fingerprint density at radius 3 is 2.86 bits per heavy atom. The van der Waals surface area contributed by atoms with E-state index in [-0.39, 0.29) is 32.5 Å². The van der Waals surface area contributed by atoms with Gasteiger partial charge in [-0.2, -0.15) is 0 Å². The minimum atomic E-state index is -1.63. The van der Waals surface area contributed by atoms with Gasteiger partial charge in [0.05, 0.1) is 32.0 Å². The molecule has 8 nitrogen and oxygen atoms in total. The Hall–Kier alpha value is -2.94. The second kappa shape index (κ2) is 7.97. The van der Waals surface area contributed by atoms with Crippen molar-refractivity contribution in [3.8, 4) is 5.75 Å². The van der Waals surface area contributed by atoms with Crippen LogP contribution in [0, 0.1) is 5.82 Å². The number of nitrogens with zero attached hydrogens (tertiary/aromatic N) is 2. The molecule has 1 saturated heterocycles. The first-order valence-corrected chi connectivity index (χ1v) is 8.82. The van der Waals surface area contributed by atoms with Crippen molar-refractivity contribution in [3.63, 3.8) is 0 Å². The molecule has 1 unspecified atom stereocenters. The maximum absolute atomic E-state index is 14.4. The summed E-state index contributed by atoms with van der Waals surface area (Å²) in [6.45, 7) is -0.138. The van der Waals surface area contributed by atoms with Crippen molar-refractivity contribution in [2.24, 2.45) is 0 Å². The van der Waals surface area contributed by atoms with Gasteiger partial charge in [-0.15, -0.1) is 0 Å². The molecule has 28 heavy (non-hydrogen) atoms. The van der Waals surface area contributed by atoms with Crippen molar-refractivity contribution in [1.29, 1.82) is 0 Å². The summed E-state index contributed by atoms with van der Waals surface area (Å²) in [6.07, 6.45) is 0.558. The number of carboxylic acid groups (broad SMARTS) is 2. The van der Waals surface area contributed by atoms with Gasteiger partial charge in [-0.1, -0.05) is 0 Å². The molecule has 0 bridgehead atoms. The van der Waals surface area contributed by atoms with E-state index >= 15 is 0 Å². The number of aryl methyl sites for hydroxylation is 1. The lowest BCUT2D eigenvalue weighted by atomic mass is 9.92. The minimum Gasteiger partial charge on any atom is -0.497 e. The second-order valence-electron chi connectivity index (χ2n) is 6.67. The summed E-state index contributed by atoms with van der Waals surface area (Å²) in [5.74, 6) is -1.14. The van der Waals surface area contributed by atoms with Crippen LogP contribution in [-0.4, -0.2) is 64.6 Å². The zero-order valence-electron chi connectivity index (χ0n) is 15.4. The number of aliphatic carboxylic acids is 1. The quantitative estimate of drug-likeness (QED) is 0.777. The molecule has 150 valence electrons. The molecular formula is C19H21FN2O6. The SMILES string of the molecule is COc1ccc2ncc(F)c(CCCC3(C(=O)O)CN(C(=O)O)CCO3)c2c1. The van der Waals surface area contributed by atoms with Crippen LogP contribution in [0.25, 0.3) is 10.9 Å². The van der Waals surface area contributed by atoms with Crippen LogP contribution in [0.5, 0.6) is 5.75 Å². The summed E-state index contributed by atoms with van der Waals surface area (Å²) < 4.78 is 25.1. The lowest BCUT2D eigenvalue weighted by Gasteiger charge is -2.38. The van der Waals surface area contributed by atoms with Crippen LogP contribution in [0.3, 0.4) is 0 Å². The summed E-state index contributed by atoms with van der Waals surface area (Å²) >= 11 is 0. The number of carbonyl (C=O) groups is 2. The summed E-state index contributed by atoms with van der Waals surface area (Å²) in [6, 6.07) is 5.15. The number of hydrogen-bond acceptors (Lipinski definition) is 5. The number of fused-ring (bicyclic) bond motifs is 1. The highest BCUT2D eigenvalue weighted by Gasteiger charge is 2.44. The van der Waals surface area contributed by atoms with Gasteiger partial charge >= 0.3 is 12.1 Å². The molecule has 1 fully saturated rings. The number of benzene rings is 1. The van der Waals surface area contributed by atoms with Crippen molar-refractivity contribution in [2.45, 2.75) is 24.9 Å². The number of ether oxygens (including phenoxy) is 2. The summed E-state index contributed by atoms with van der Waals surface area (Å²) in [7, 11) is 1.51. The summed E-state index contributed by atoms with van der Waals surface area (Å²) in [5.41, 5.74) is -0.611. The van der Waals surface area contributed by atoms with Gasteiger partial charge in [-0.05, 0) is 43.0 Å². The molecule has 0 saturated carbocycles. The highest BCUT2D eigenvalue weighted by atomic mass is 19.1. The van der Waals surface area contributed by atoms with Gasteiger partial charge in [0.2, 0.25) is 0 Å². The smallest absolute Gasteiger partial charge is 0.407 e. The Bertz CT molecular complexity index is 905. The number of pyridine rings is 1. The first-order chi connectivity index (χ1) is 13.4. The molecule has 1 aliphatic rings. The van der Waals surface area contributed by atoms with Crippen molar-refractivity contribution < 1.29 is 33.7 Å². The maximum Gasteiger partial charge on any atom is 0.407 e. The molecule has 1 atom stereocenters. The van der Waals surface area contributed by atoms with Gasteiger partial charge in [-0.25, -0.2) is 14.0 Å². The fourth-order valence-electron chi connectivity index (χ4n) is 3.47. The third-order valence-corrected chi connectivity index (χ3v) is 4.99. The van der Waals surface area contributed by atoms with E-state index in [1.165, 1.54) is 7.11 Å². The number of aromatic nitrogens is 1. The van der Waals surface area contributed by atoms with E-state index < -0.39 is 23.5 Å². The predicted molar refractivity (Wildman–Crippen MR) is 97.1 cm³/mol. The van der Waals surface area contributed by atoms with Gasteiger partial charge < -0.3 is 24.6 Å². The third kappa shape index (κ3) is 3.84. The van der Waals surface area contributed by atoms with Crippen LogP contribution in [0.4, 0.5) is 9.18 Å². The van der Waals surface area contributed by atoms with Crippen LogP contribution in [0.15, 0.2) is 24.4 Å². The molecule has 2 N–H and O–H groups in total. The van der Waals surface area contributed by atoms with E-state index in [4.69, 9.17) is 14.6 Å². The number of carboxylic acids is 1. The van der Waals surface area contributed by atoms with E-state index in [1.807, 2.05) is 0 Å². The van der Waals surface area contributed by atoms with Crippen molar-refractivity contribution in [1.82, 2.24) is 9.88 Å². The number of methoxy groups -OCH3 is 1. The largest absolute Gasteiger partial charge is 0.497 e. The number of morpholine rings is 1. The zero-order valence-corrected chi connectivity index (χ0v) is 15.4. The Labute approximate surface area is 160 Å². The molecule has 0 spiro atoms. The van der Waals surface area contributed by atoms with Gasteiger partial charge in [0.15, 0.2) is 5.60 Å². The van der Waals surface area contributed by atoms with Crippen LogP contribution < -0.4 is 4.74 Å². The molecule has 9 heteroatoms. The molecule has 0 aliphatic carbocycles. The average Bonchev–Trinajstić information content (AvgIpc) is 2.69. The molecule has 2 heterocycles. The van der Waals surface area contributed by atoms with Gasteiger partial charge in [0, 0.05) is 11.9 Å². The van der Waals surface area contributed by atoms with Crippen LogP contribution in [0.1, 0.15) is 18.4 Å². The first kappa shape index (κ1) is 19.8. The monoisotopic (exact) mass is 392 g/mol. The molecule has 1 aromatic carbocycles. The van der Waals surface area contributed by atoms with Crippen LogP contribution in [0.2, 0.25) is 0 Å².